The molecular weight excluding hydrogens is 208 g/mol. The first-order chi connectivity index (χ1) is 7.65. The third-order valence-corrected chi connectivity index (χ3v) is 1.79. The van der Waals surface area contributed by atoms with Gasteiger partial charge in [0.25, 0.3) is 0 Å². The third-order valence-electron chi connectivity index (χ3n) is 1.79. The van der Waals surface area contributed by atoms with Crippen LogP contribution in [0.4, 0.5) is 11.8 Å². The number of carbonyl (C=O) groups is 1. The smallest absolute Gasteiger partial charge is 0.239 e. The van der Waals surface area contributed by atoms with Gasteiger partial charge in [0.2, 0.25) is 11.9 Å². The number of nitrogen functional groups attached to an aromatic ring is 1. The highest BCUT2D eigenvalue weighted by molar-refractivity contribution is 5.80. The van der Waals surface area contributed by atoms with Crippen molar-refractivity contribution in [3.8, 4) is 0 Å². The molecule has 0 radical (unpaired) electrons. The van der Waals surface area contributed by atoms with E-state index in [4.69, 9.17) is 5.84 Å². The largest absolute Gasteiger partial charge is 0.361 e. The number of amides is 1. The van der Waals surface area contributed by atoms with Crippen LogP contribution in [0.3, 0.4) is 0 Å². The first-order valence-corrected chi connectivity index (χ1v) is 4.98. The summed E-state index contributed by atoms with van der Waals surface area (Å²) in [6, 6.07) is 1.74. The van der Waals surface area contributed by atoms with E-state index in [0.29, 0.717) is 18.3 Å². The highest BCUT2D eigenvalue weighted by atomic mass is 16.1. The summed E-state index contributed by atoms with van der Waals surface area (Å²) in [5.41, 5.74) is 3.12. The minimum absolute atomic E-state index is 0.0824. The van der Waals surface area contributed by atoms with E-state index in [9.17, 15) is 4.79 Å². The Balaban J connectivity index is 2.59. The number of aromatic nitrogens is 2. The molecular formula is C9H16N6O. The molecule has 0 aliphatic heterocycles. The van der Waals surface area contributed by atoms with Gasteiger partial charge in [0.1, 0.15) is 5.82 Å². The van der Waals surface area contributed by atoms with Crippen LogP contribution in [0, 0.1) is 6.92 Å². The van der Waals surface area contributed by atoms with Crippen LogP contribution >= 0.6 is 0 Å². The molecule has 7 heteroatoms. The Bertz CT molecular complexity index is 367. The minimum Gasteiger partial charge on any atom is -0.361 e. The van der Waals surface area contributed by atoms with Crippen molar-refractivity contribution in [2.45, 2.75) is 13.8 Å². The lowest BCUT2D eigenvalue weighted by molar-refractivity contribution is -0.119. The van der Waals surface area contributed by atoms with E-state index in [2.05, 4.69) is 26.0 Å². The van der Waals surface area contributed by atoms with Gasteiger partial charge in [-0.1, -0.05) is 0 Å². The fourth-order valence-corrected chi connectivity index (χ4v) is 1.15. The summed E-state index contributed by atoms with van der Waals surface area (Å²) in [5, 5.41) is 5.56. The number of hydrazine groups is 1. The number of hydrogen-bond donors (Lipinski definition) is 4. The Morgan fingerprint density at radius 1 is 1.50 bits per heavy atom. The van der Waals surface area contributed by atoms with Gasteiger partial charge in [-0.3, -0.25) is 10.2 Å². The maximum absolute atomic E-state index is 11.2. The Labute approximate surface area is 93.8 Å². The first-order valence-electron chi connectivity index (χ1n) is 4.98. The van der Waals surface area contributed by atoms with Gasteiger partial charge in [0.15, 0.2) is 0 Å². The van der Waals surface area contributed by atoms with E-state index in [1.165, 1.54) is 0 Å². The highest BCUT2D eigenvalue weighted by Crippen LogP contribution is 2.07. The lowest BCUT2D eigenvalue weighted by Gasteiger charge is -2.07. The lowest BCUT2D eigenvalue weighted by atomic mass is 10.4. The number of nitrogens with two attached hydrogens (primary N) is 1. The average Bonchev–Trinajstić information content (AvgIpc) is 2.26. The van der Waals surface area contributed by atoms with Gasteiger partial charge in [0.05, 0.1) is 6.54 Å². The van der Waals surface area contributed by atoms with Gasteiger partial charge in [-0.05, 0) is 13.8 Å². The second kappa shape index (κ2) is 5.86. The number of nitrogens with zero attached hydrogens (tertiary/aromatic N) is 2. The Hall–Kier alpha value is -1.89. The monoisotopic (exact) mass is 224 g/mol. The van der Waals surface area contributed by atoms with Crippen LogP contribution in [0.1, 0.15) is 12.6 Å². The Kier molecular flexibility index (Phi) is 4.46. The summed E-state index contributed by atoms with van der Waals surface area (Å²) >= 11 is 0. The van der Waals surface area contributed by atoms with E-state index in [1.54, 1.807) is 6.07 Å². The number of aryl methyl sites for hydroxylation is 1. The van der Waals surface area contributed by atoms with E-state index in [0.717, 1.165) is 5.69 Å². The summed E-state index contributed by atoms with van der Waals surface area (Å²) in [7, 11) is 0. The van der Waals surface area contributed by atoms with Crippen molar-refractivity contribution in [3.05, 3.63) is 11.8 Å². The molecule has 0 saturated carbocycles. The number of rotatable bonds is 5. The summed E-state index contributed by atoms with van der Waals surface area (Å²) in [4.78, 5) is 19.3. The van der Waals surface area contributed by atoms with Crippen LogP contribution in [-0.4, -0.2) is 29.0 Å². The summed E-state index contributed by atoms with van der Waals surface area (Å²) in [6.45, 7) is 4.47. The van der Waals surface area contributed by atoms with Crippen LogP contribution in [0.5, 0.6) is 0 Å². The van der Waals surface area contributed by atoms with E-state index >= 15 is 0 Å². The zero-order valence-corrected chi connectivity index (χ0v) is 9.37. The number of likely N-dealkylation sites (N-methyl/N-ethyl adjacent to an activating group) is 1. The molecule has 0 aromatic carbocycles. The summed E-state index contributed by atoms with van der Waals surface area (Å²) < 4.78 is 0. The van der Waals surface area contributed by atoms with Crippen molar-refractivity contribution in [3.63, 3.8) is 0 Å². The molecule has 1 aromatic heterocycles. The summed E-state index contributed by atoms with van der Waals surface area (Å²) in [5.74, 6) is 6.01. The molecule has 1 heterocycles. The molecule has 1 aromatic rings. The van der Waals surface area contributed by atoms with Gasteiger partial charge >= 0.3 is 0 Å². The van der Waals surface area contributed by atoms with E-state index in [1.807, 2.05) is 13.8 Å². The number of anilines is 2. The molecule has 7 nitrogen and oxygen atoms in total. The standard InChI is InChI=1S/C9H16N6O/c1-3-11-8(16)5-12-7-4-6(2)13-9(14-7)15-10/h4H,3,5,10H2,1-2H3,(H,11,16)(H2,12,13,14,15). The van der Waals surface area contributed by atoms with Crippen molar-refractivity contribution in [1.82, 2.24) is 15.3 Å². The topological polar surface area (TPSA) is 105 Å². The quantitative estimate of drug-likeness (QED) is 0.401. The van der Waals surface area contributed by atoms with Gasteiger partial charge < -0.3 is 10.6 Å². The third kappa shape index (κ3) is 3.70. The zero-order valence-electron chi connectivity index (χ0n) is 9.37. The SMILES string of the molecule is CCNC(=O)CNc1cc(C)nc(NN)n1. The Morgan fingerprint density at radius 3 is 2.88 bits per heavy atom. The van der Waals surface area contributed by atoms with Crippen LogP contribution < -0.4 is 21.9 Å². The molecule has 0 spiro atoms. The van der Waals surface area contributed by atoms with Crippen LogP contribution in [0.2, 0.25) is 0 Å². The van der Waals surface area contributed by atoms with Crippen molar-refractivity contribution in [2.24, 2.45) is 5.84 Å². The predicted molar refractivity (Wildman–Crippen MR) is 61.8 cm³/mol. The van der Waals surface area contributed by atoms with Crippen LogP contribution in [0.25, 0.3) is 0 Å². The average molecular weight is 224 g/mol. The first kappa shape index (κ1) is 12.2. The fraction of sp³-hybridized carbons (Fsp3) is 0.444. The number of hydrogen-bond acceptors (Lipinski definition) is 6. The van der Waals surface area contributed by atoms with E-state index in [-0.39, 0.29) is 12.5 Å². The predicted octanol–water partition coefficient (Wildman–Crippen LogP) is -0.381. The molecule has 0 unspecified atom stereocenters. The molecule has 0 atom stereocenters. The molecule has 0 fully saturated rings. The van der Waals surface area contributed by atoms with E-state index < -0.39 is 0 Å². The maximum atomic E-state index is 11.2. The molecule has 0 aliphatic rings. The molecule has 16 heavy (non-hydrogen) atoms. The number of nitrogens with one attached hydrogen (secondary N) is 3. The molecule has 1 amide bonds. The summed E-state index contributed by atoms with van der Waals surface area (Å²) in [6.07, 6.45) is 0. The normalized spacial score (nSPS) is 9.69. The molecule has 5 N–H and O–H groups in total. The second-order valence-electron chi connectivity index (χ2n) is 3.17. The molecule has 88 valence electrons. The van der Waals surface area contributed by atoms with Crippen molar-refractivity contribution < 1.29 is 4.79 Å². The molecule has 0 bridgehead atoms. The Morgan fingerprint density at radius 2 is 2.25 bits per heavy atom. The maximum Gasteiger partial charge on any atom is 0.239 e. The van der Waals surface area contributed by atoms with Gasteiger partial charge in [-0.2, -0.15) is 4.98 Å². The zero-order chi connectivity index (χ0) is 12.0. The van der Waals surface area contributed by atoms with Crippen molar-refractivity contribution >= 4 is 17.7 Å². The van der Waals surface area contributed by atoms with Crippen LogP contribution in [-0.2, 0) is 4.79 Å². The van der Waals surface area contributed by atoms with Gasteiger partial charge in [-0.15, -0.1) is 0 Å². The molecule has 0 saturated heterocycles. The molecule has 0 aliphatic carbocycles. The molecule has 1 rings (SSSR count). The number of carbonyl (C=O) groups excluding carboxylic acids is 1. The lowest BCUT2D eigenvalue weighted by Crippen LogP contribution is -2.29. The fourth-order valence-electron chi connectivity index (χ4n) is 1.15. The minimum atomic E-state index is -0.0824. The highest BCUT2D eigenvalue weighted by Gasteiger charge is 2.03. The van der Waals surface area contributed by atoms with Gasteiger partial charge in [0, 0.05) is 18.3 Å². The van der Waals surface area contributed by atoms with Crippen molar-refractivity contribution in [2.75, 3.05) is 23.8 Å². The van der Waals surface area contributed by atoms with Crippen LogP contribution in [0.15, 0.2) is 6.07 Å². The van der Waals surface area contributed by atoms with Gasteiger partial charge in [-0.25, -0.2) is 10.8 Å². The second-order valence-corrected chi connectivity index (χ2v) is 3.17. The van der Waals surface area contributed by atoms with Crippen molar-refractivity contribution in [1.29, 1.82) is 0 Å².